The van der Waals surface area contributed by atoms with Gasteiger partial charge in [0, 0.05) is 6.42 Å². The molecule has 5 heteroatoms. The zero-order valence-electron chi connectivity index (χ0n) is 10.8. The second-order valence-electron chi connectivity index (χ2n) is 4.45. The summed E-state index contributed by atoms with van der Waals surface area (Å²) in [4.78, 5) is 23.1. The molecule has 0 bridgehead atoms. The molecule has 0 aromatic heterocycles. The molecule has 0 aliphatic heterocycles. The van der Waals surface area contributed by atoms with E-state index < -0.39 is 11.9 Å². The molecule has 0 spiro atoms. The standard InChI is InChI=1S/C14H17N3O2/c1-10(7-8-15)13(14(16)19)17-12(18)9-11-5-3-2-4-6-11/h2-6,10,13H,7,9H2,1H3,(H2,16,19)(H,17,18)/t10-,13-/m1/s1. The zero-order chi connectivity index (χ0) is 14.3. The highest BCUT2D eigenvalue weighted by atomic mass is 16.2. The number of benzene rings is 1. The average Bonchev–Trinajstić information content (AvgIpc) is 2.37. The van der Waals surface area contributed by atoms with Gasteiger partial charge in [-0.1, -0.05) is 37.3 Å². The van der Waals surface area contributed by atoms with E-state index in [1.165, 1.54) is 0 Å². The number of rotatable bonds is 6. The molecule has 100 valence electrons. The zero-order valence-corrected chi connectivity index (χ0v) is 10.8. The molecular formula is C14H17N3O2. The van der Waals surface area contributed by atoms with Gasteiger partial charge in [-0.3, -0.25) is 9.59 Å². The van der Waals surface area contributed by atoms with Gasteiger partial charge in [-0.2, -0.15) is 5.26 Å². The summed E-state index contributed by atoms with van der Waals surface area (Å²) in [6, 6.07) is 10.4. The Morgan fingerprint density at radius 3 is 2.53 bits per heavy atom. The second-order valence-corrected chi connectivity index (χ2v) is 4.45. The van der Waals surface area contributed by atoms with Gasteiger partial charge in [0.1, 0.15) is 6.04 Å². The summed E-state index contributed by atoms with van der Waals surface area (Å²) < 4.78 is 0. The van der Waals surface area contributed by atoms with Crippen molar-refractivity contribution >= 4 is 11.8 Å². The molecule has 1 rings (SSSR count). The number of amides is 2. The summed E-state index contributed by atoms with van der Waals surface area (Å²) in [6.07, 6.45) is 0.350. The third-order valence-corrected chi connectivity index (χ3v) is 2.81. The van der Waals surface area contributed by atoms with Crippen LogP contribution in [0.4, 0.5) is 0 Å². The van der Waals surface area contributed by atoms with Crippen LogP contribution in [0.25, 0.3) is 0 Å². The molecule has 3 N–H and O–H groups in total. The molecule has 1 aromatic carbocycles. The molecule has 2 amide bonds. The Labute approximate surface area is 112 Å². The van der Waals surface area contributed by atoms with Gasteiger partial charge in [0.15, 0.2) is 0 Å². The van der Waals surface area contributed by atoms with E-state index >= 15 is 0 Å². The topological polar surface area (TPSA) is 96.0 Å². The third-order valence-electron chi connectivity index (χ3n) is 2.81. The van der Waals surface area contributed by atoms with Crippen LogP contribution in [-0.2, 0) is 16.0 Å². The number of nitrogens with zero attached hydrogens (tertiary/aromatic N) is 1. The van der Waals surface area contributed by atoms with E-state index in [-0.39, 0.29) is 24.7 Å². The van der Waals surface area contributed by atoms with Crippen molar-refractivity contribution in [1.29, 1.82) is 5.26 Å². The SMILES string of the molecule is C[C@H](CC#N)[C@@H](NC(=O)Cc1ccccc1)C(N)=O. The molecule has 2 atom stereocenters. The van der Waals surface area contributed by atoms with Crippen LogP contribution >= 0.6 is 0 Å². The largest absolute Gasteiger partial charge is 0.368 e. The summed E-state index contributed by atoms with van der Waals surface area (Å²) in [5, 5.41) is 11.2. The van der Waals surface area contributed by atoms with E-state index in [1.807, 2.05) is 36.4 Å². The molecule has 19 heavy (non-hydrogen) atoms. The fourth-order valence-corrected chi connectivity index (χ4v) is 1.76. The van der Waals surface area contributed by atoms with E-state index in [1.54, 1.807) is 6.92 Å². The van der Waals surface area contributed by atoms with Gasteiger partial charge in [-0.25, -0.2) is 0 Å². The Bertz CT molecular complexity index is 479. The molecule has 1 aromatic rings. The average molecular weight is 259 g/mol. The van der Waals surface area contributed by atoms with Gasteiger partial charge in [0.05, 0.1) is 12.5 Å². The first kappa shape index (κ1) is 14.7. The fourth-order valence-electron chi connectivity index (χ4n) is 1.76. The first-order chi connectivity index (χ1) is 9.04. The van der Waals surface area contributed by atoms with Crippen molar-refractivity contribution in [3.63, 3.8) is 0 Å². The minimum absolute atomic E-state index is 0.166. The monoisotopic (exact) mass is 259 g/mol. The van der Waals surface area contributed by atoms with Crippen molar-refractivity contribution in [2.75, 3.05) is 0 Å². The lowest BCUT2D eigenvalue weighted by molar-refractivity contribution is -0.128. The molecule has 0 unspecified atom stereocenters. The first-order valence-electron chi connectivity index (χ1n) is 6.04. The molecule has 0 fully saturated rings. The molecular weight excluding hydrogens is 242 g/mol. The highest BCUT2D eigenvalue weighted by molar-refractivity contribution is 5.87. The Hall–Kier alpha value is -2.35. The van der Waals surface area contributed by atoms with Gasteiger partial charge >= 0.3 is 0 Å². The summed E-state index contributed by atoms with van der Waals surface area (Å²) in [5.74, 6) is -1.20. The minimum Gasteiger partial charge on any atom is -0.368 e. The predicted octanol–water partition coefficient (Wildman–Crippen LogP) is 0.749. The van der Waals surface area contributed by atoms with Crippen LogP contribution in [0.1, 0.15) is 18.9 Å². The molecule has 0 saturated heterocycles. The van der Waals surface area contributed by atoms with Crippen LogP contribution in [0.15, 0.2) is 30.3 Å². The number of nitrogens with one attached hydrogen (secondary N) is 1. The maximum absolute atomic E-state index is 11.8. The molecule has 5 nitrogen and oxygen atoms in total. The fraction of sp³-hybridized carbons (Fsp3) is 0.357. The maximum Gasteiger partial charge on any atom is 0.240 e. The van der Waals surface area contributed by atoms with Gasteiger partial charge in [0.2, 0.25) is 11.8 Å². The molecule has 0 radical (unpaired) electrons. The van der Waals surface area contributed by atoms with E-state index in [2.05, 4.69) is 5.32 Å². The minimum atomic E-state index is -0.809. The van der Waals surface area contributed by atoms with Gasteiger partial charge < -0.3 is 11.1 Å². The number of primary amides is 1. The number of nitrogens with two attached hydrogens (primary N) is 1. The highest BCUT2D eigenvalue weighted by Gasteiger charge is 2.24. The van der Waals surface area contributed by atoms with Crippen molar-refractivity contribution in [3.05, 3.63) is 35.9 Å². The Morgan fingerprint density at radius 2 is 2.00 bits per heavy atom. The van der Waals surface area contributed by atoms with Gasteiger partial charge in [-0.05, 0) is 11.5 Å². The Balaban J connectivity index is 2.62. The van der Waals surface area contributed by atoms with E-state index in [4.69, 9.17) is 11.0 Å². The smallest absolute Gasteiger partial charge is 0.240 e. The normalized spacial score (nSPS) is 13.1. The lowest BCUT2D eigenvalue weighted by Crippen LogP contribution is -2.48. The van der Waals surface area contributed by atoms with Crippen molar-refractivity contribution < 1.29 is 9.59 Å². The summed E-state index contributed by atoms with van der Waals surface area (Å²) in [7, 11) is 0. The second kappa shape index (κ2) is 7.17. The van der Waals surface area contributed by atoms with Crippen LogP contribution in [0.2, 0.25) is 0 Å². The van der Waals surface area contributed by atoms with Crippen molar-refractivity contribution in [1.82, 2.24) is 5.32 Å². The summed E-state index contributed by atoms with van der Waals surface area (Å²) in [6.45, 7) is 1.71. The van der Waals surface area contributed by atoms with Crippen LogP contribution in [0, 0.1) is 17.2 Å². The van der Waals surface area contributed by atoms with Crippen LogP contribution in [-0.4, -0.2) is 17.9 Å². The first-order valence-corrected chi connectivity index (χ1v) is 6.04. The predicted molar refractivity (Wildman–Crippen MR) is 70.7 cm³/mol. The quantitative estimate of drug-likeness (QED) is 0.789. The lowest BCUT2D eigenvalue weighted by Gasteiger charge is -2.20. The number of carbonyl (C=O) groups excluding carboxylic acids is 2. The van der Waals surface area contributed by atoms with Crippen LogP contribution < -0.4 is 11.1 Å². The number of hydrogen-bond donors (Lipinski definition) is 2. The van der Waals surface area contributed by atoms with Gasteiger partial charge in [-0.15, -0.1) is 0 Å². The summed E-state index contributed by atoms with van der Waals surface area (Å²) >= 11 is 0. The Kier molecular flexibility index (Phi) is 5.55. The van der Waals surface area contributed by atoms with E-state index in [0.29, 0.717) is 0 Å². The highest BCUT2D eigenvalue weighted by Crippen LogP contribution is 2.08. The summed E-state index contributed by atoms with van der Waals surface area (Å²) in [5.41, 5.74) is 6.10. The van der Waals surface area contributed by atoms with E-state index in [9.17, 15) is 9.59 Å². The van der Waals surface area contributed by atoms with Crippen molar-refractivity contribution in [2.45, 2.75) is 25.8 Å². The van der Waals surface area contributed by atoms with Crippen molar-refractivity contribution in [3.8, 4) is 6.07 Å². The van der Waals surface area contributed by atoms with E-state index in [0.717, 1.165) is 5.56 Å². The number of nitriles is 1. The number of hydrogen-bond acceptors (Lipinski definition) is 3. The number of carbonyl (C=O) groups is 2. The molecule has 0 heterocycles. The van der Waals surface area contributed by atoms with Crippen molar-refractivity contribution in [2.24, 2.45) is 11.7 Å². The molecule has 0 aliphatic carbocycles. The maximum atomic E-state index is 11.8. The van der Waals surface area contributed by atoms with Gasteiger partial charge in [0.25, 0.3) is 0 Å². The third kappa shape index (κ3) is 4.80. The molecule has 0 saturated carbocycles. The van der Waals surface area contributed by atoms with Crippen LogP contribution in [0.5, 0.6) is 0 Å². The Morgan fingerprint density at radius 1 is 1.37 bits per heavy atom. The van der Waals surface area contributed by atoms with Crippen LogP contribution in [0.3, 0.4) is 0 Å². The molecule has 0 aliphatic rings. The lowest BCUT2D eigenvalue weighted by atomic mass is 9.98.